The summed E-state index contributed by atoms with van der Waals surface area (Å²) in [5.41, 5.74) is 0. The zero-order valence-corrected chi connectivity index (χ0v) is 7.63. The highest BCUT2D eigenvalue weighted by Crippen LogP contribution is 2.13. The topological polar surface area (TPSA) is 3.24 Å². The second-order valence-electron chi connectivity index (χ2n) is 2.49. The van der Waals surface area contributed by atoms with Crippen molar-refractivity contribution in [2.24, 2.45) is 0 Å². The van der Waals surface area contributed by atoms with E-state index < -0.39 is 0 Å². The minimum atomic E-state index is -0.112. The smallest absolute Gasteiger partial charge is 0.131 e. The predicted octanol–water partition coefficient (Wildman–Crippen LogP) is 1.61. The van der Waals surface area contributed by atoms with Crippen LogP contribution in [0.4, 0.5) is 4.39 Å². The van der Waals surface area contributed by atoms with Gasteiger partial charge in [0.2, 0.25) is 0 Å². The van der Waals surface area contributed by atoms with Crippen LogP contribution in [0.25, 0.3) is 0 Å². The third-order valence-electron chi connectivity index (χ3n) is 1.22. The van der Waals surface area contributed by atoms with E-state index in [0.29, 0.717) is 8.73 Å². The maximum atomic E-state index is 12.9. The minimum Gasteiger partial charge on any atom is -0.287 e. The van der Waals surface area contributed by atoms with E-state index >= 15 is 0 Å². The highest BCUT2D eigenvalue weighted by molar-refractivity contribution is 7.44. The molecule has 0 spiro atoms. The Morgan fingerprint density at radius 3 is 2.45 bits per heavy atom. The standard InChI is InChI=1S/C8H11FNP/c1-10(2)11-8-6-4-3-5-7(8)9/h3-6,11H,1-2H3. The maximum absolute atomic E-state index is 12.9. The summed E-state index contributed by atoms with van der Waals surface area (Å²) < 4.78 is 14.9. The molecule has 0 radical (unpaired) electrons. The van der Waals surface area contributed by atoms with Crippen LogP contribution in [-0.4, -0.2) is 18.8 Å². The van der Waals surface area contributed by atoms with Crippen LogP contribution >= 0.6 is 8.73 Å². The second-order valence-corrected chi connectivity index (χ2v) is 4.14. The van der Waals surface area contributed by atoms with Crippen LogP contribution in [0.3, 0.4) is 0 Å². The molecular formula is C8H11FNP. The molecule has 1 rings (SSSR count). The molecule has 0 N–H and O–H groups in total. The summed E-state index contributed by atoms with van der Waals surface area (Å²) >= 11 is 0. The molecule has 0 aliphatic heterocycles. The van der Waals surface area contributed by atoms with Gasteiger partial charge in [-0.1, -0.05) is 18.2 Å². The third kappa shape index (κ3) is 2.57. The summed E-state index contributed by atoms with van der Waals surface area (Å²) in [7, 11) is 4.29. The van der Waals surface area contributed by atoms with E-state index in [2.05, 4.69) is 0 Å². The molecule has 0 aliphatic rings. The van der Waals surface area contributed by atoms with Gasteiger partial charge in [0.1, 0.15) is 5.82 Å². The molecule has 0 aromatic heterocycles. The molecule has 0 saturated heterocycles. The van der Waals surface area contributed by atoms with E-state index in [9.17, 15) is 4.39 Å². The average Bonchev–Trinajstić information content (AvgIpc) is 1.93. The molecule has 0 aliphatic carbocycles. The Balaban J connectivity index is 2.78. The van der Waals surface area contributed by atoms with E-state index in [1.54, 1.807) is 6.07 Å². The van der Waals surface area contributed by atoms with Crippen molar-refractivity contribution >= 4 is 14.0 Å². The van der Waals surface area contributed by atoms with Crippen molar-refractivity contribution in [2.75, 3.05) is 14.1 Å². The summed E-state index contributed by atoms with van der Waals surface area (Å²) in [5.74, 6) is -0.112. The van der Waals surface area contributed by atoms with Gasteiger partial charge in [0.15, 0.2) is 0 Å². The SMILES string of the molecule is CN(C)Pc1ccccc1F. The summed E-state index contributed by atoms with van der Waals surface area (Å²) in [4.78, 5) is 0. The van der Waals surface area contributed by atoms with Crippen molar-refractivity contribution < 1.29 is 4.39 Å². The predicted molar refractivity (Wildman–Crippen MR) is 48.0 cm³/mol. The van der Waals surface area contributed by atoms with Gasteiger partial charge in [-0.05, 0) is 28.9 Å². The van der Waals surface area contributed by atoms with Crippen molar-refractivity contribution in [1.29, 1.82) is 0 Å². The van der Waals surface area contributed by atoms with Gasteiger partial charge >= 0.3 is 0 Å². The summed E-state index contributed by atoms with van der Waals surface area (Å²) in [6.07, 6.45) is 0. The Morgan fingerprint density at radius 1 is 1.27 bits per heavy atom. The minimum absolute atomic E-state index is 0.112. The largest absolute Gasteiger partial charge is 0.287 e. The maximum Gasteiger partial charge on any atom is 0.131 e. The molecule has 3 heteroatoms. The molecule has 1 nitrogen and oxygen atoms in total. The van der Waals surface area contributed by atoms with Gasteiger partial charge in [0, 0.05) is 5.30 Å². The van der Waals surface area contributed by atoms with E-state index in [0.717, 1.165) is 5.30 Å². The quantitative estimate of drug-likeness (QED) is 0.611. The number of rotatable bonds is 2. The van der Waals surface area contributed by atoms with Crippen molar-refractivity contribution in [3.63, 3.8) is 0 Å². The summed E-state index contributed by atoms with van der Waals surface area (Å²) in [5, 5.41) is 0.775. The van der Waals surface area contributed by atoms with Crippen molar-refractivity contribution in [2.45, 2.75) is 0 Å². The molecule has 0 bridgehead atoms. The average molecular weight is 171 g/mol. The first kappa shape index (κ1) is 8.63. The number of hydrogen-bond donors (Lipinski definition) is 0. The van der Waals surface area contributed by atoms with Gasteiger partial charge in [0.25, 0.3) is 0 Å². The molecule has 1 atom stereocenters. The molecule has 1 unspecified atom stereocenters. The molecule has 1 aromatic carbocycles. The summed E-state index contributed by atoms with van der Waals surface area (Å²) in [6, 6.07) is 6.87. The monoisotopic (exact) mass is 171 g/mol. The lowest BCUT2D eigenvalue weighted by molar-refractivity contribution is 0.633. The van der Waals surface area contributed by atoms with Crippen molar-refractivity contribution in [3.8, 4) is 0 Å². The molecule has 1 aromatic rings. The van der Waals surface area contributed by atoms with Gasteiger partial charge in [-0.3, -0.25) is 4.67 Å². The Labute approximate surface area is 68.1 Å². The molecule has 60 valence electrons. The Hall–Kier alpha value is -0.460. The Kier molecular flexibility index (Phi) is 2.98. The fraction of sp³-hybridized carbons (Fsp3) is 0.250. The first-order valence-corrected chi connectivity index (χ1v) is 4.33. The lowest BCUT2D eigenvalue weighted by Crippen LogP contribution is -2.08. The van der Waals surface area contributed by atoms with Crippen LogP contribution in [0.2, 0.25) is 0 Å². The fourth-order valence-corrected chi connectivity index (χ4v) is 1.64. The number of benzene rings is 1. The van der Waals surface area contributed by atoms with E-state index in [-0.39, 0.29) is 5.82 Å². The first-order valence-electron chi connectivity index (χ1n) is 3.38. The van der Waals surface area contributed by atoms with Crippen LogP contribution in [0.15, 0.2) is 24.3 Å². The van der Waals surface area contributed by atoms with Crippen LogP contribution < -0.4 is 5.30 Å². The lowest BCUT2D eigenvalue weighted by atomic mass is 10.3. The number of nitrogens with zero attached hydrogens (tertiary/aromatic N) is 1. The van der Waals surface area contributed by atoms with Crippen LogP contribution in [0, 0.1) is 5.82 Å². The molecular weight excluding hydrogens is 160 g/mol. The van der Waals surface area contributed by atoms with Gasteiger partial charge in [-0.15, -0.1) is 0 Å². The first-order chi connectivity index (χ1) is 5.20. The molecule has 0 amide bonds. The van der Waals surface area contributed by atoms with Gasteiger partial charge in [-0.25, -0.2) is 4.39 Å². The van der Waals surface area contributed by atoms with E-state index in [1.165, 1.54) is 6.07 Å². The molecule has 0 fully saturated rings. The lowest BCUT2D eigenvalue weighted by Gasteiger charge is -2.09. The van der Waals surface area contributed by atoms with Gasteiger partial charge in [-0.2, -0.15) is 0 Å². The Bertz CT molecular complexity index is 237. The fourth-order valence-electron chi connectivity index (χ4n) is 0.793. The van der Waals surface area contributed by atoms with Gasteiger partial charge in [0.05, 0.1) is 0 Å². The molecule has 0 saturated carbocycles. The number of hydrogen-bond acceptors (Lipinski definition) is 1. The van der Waals surface area contributed by atoms with E-state index in [1.807, 2.05) is 30.9 Å². The summed E-state index contributed by atoms with van der Waals surface area (Å²) in [6.45, 7) is 0. The highest BCUT2D eigenvalue weighted by Gasteiger charge is 1.99. The third-order valence-corrected chi connectivity index (χ3v) is 2.31. The van der Waals surface area contributed by atoms with Crippen LogP contribution in [0.1, 0.15) is 0 Å². The highest BCUT2D eigenvalue weighted by atomic mass is 31.1. The van der Waals surface area contributed by atoms with Crippen molar-refractivity contribution in [1.82, 2.24) is 4.67 Å². The normalized spacial score (nSPS) is 11.6. The van der Waals surface area contributed by atoms with Crippen LogP contribution in [-0.2, 0) is 0 Å². The Morgan fingerprint density at radius 2 is 1.91 bits per heavy atom. The van der Waals surface area contributed by atoms with Crippen molar-refractivity contribution in [3.05, 3.63) is 30.1 Å². The number of halogens is 1. The van der Waals surface area contributed by atoms with Gasteiger partial charge < -0.3 is 0 Å². The molecule has 0 heterocycles. The second kappa shape index (κ2) is 3.80. The zero-order chi connectivity index (χ0) is 8.27. The van der Waals surface area contributed by atoms with E-state index in [4.69, 9.17) is 0 Å². The van der Waals surface area contributed by atoms with Crippen LogP contribution in [0.5, 0.6) is 0 Å². The molecule has 11 heavy (non-hydrogen) atoms. The zero-order valence-electron chi connectivity index (χ0n) is 6.63.